The monoisotopic (exact) mass is 215 g/mol. The highest BCUT2D eigenvalue weighted by molar-refractivity contribution is 7.98. The zero-order chi connectivity index (χ0) is 10.6. The van der Waals surface area contributed by atoms with Gasteiger partial charge in [0.25, 0.3) is 0 Å². The number of nitrogens with two attached hydrogens (primary N) is 1. The fraction of sp³-hybridized carbons (Fsp3) is 1.00. The van der Waals surface area contributed by atoms with Gasteiger partial charge in [0.1, 0.15) is 0 Å². The van der Waals surface area contributed by atoms with E-state index in [-0.39, 0.29) is 5.54 Å². The Kier molecular flexibility index (Phi) is 4.78. The van der Waals surface area contributed by atoms with Gasteiger partial charge in [-0.1, -0.05) is 13.8 Å². The summed E-state index contributed by atoms with van der Waals surface area (Å²) in [6.07, 6.45) is 8.57. The molecule has 1 aliphatic rings. The number of hydrogen-bond donors (Lipinski definition) is 1. The Morgan fingerprint density at radius 1 is 1.36 bits per heavy atom. The molecule has 84 valence electrons. The molecule has 1 rings (SSSR count). The Bertz CT molecular complexity index is 160. The van der Waals surface area contributed by atoms with Crippen LogP contribution < -0.4 is 5.73 Å². The summed E-state index contributed by atoms with van der Waals surface area (Å²) in [7, 11) is 0. The Morgan fingerprint density at radius 3 is 2.36 bits per heavy atom. The third kappa shape index (κ3) is 3.47. The van der Waals surface area contributed by atoms with Crippen LogP contribution >= 0.6 is 11.8 Å². The summed E-state index contributed by atoms with van der Waals surface area (Å²) in [5.41, 5.74) is 6.57. The highest BCUT2D eigenvalue weighted by Gasteiger charge is 2.31. The largest absolute Gasteiger partial charge is 0.325 e. The predicted molar refractivity (Wildman–Crippen MR) is 66.7 cm³/mol. The third-order valence-electron chi connectivity index (χ3n) is 3.77. The second-order valence-corrected chi connectivity index (χ2v) is 6.17. The van der Waals surface area contributed by atoms with Gasteiger partial charge in [0.15, 0.2) is 0 Å². The maximum Gasteiger partial charge on any atom is 0.0162 e. The van der Waals surface area contributed by atoms with Crippen molar-refractivity contribution in [1.29, 1.82) is 0 Å². The summed E-state index contributed by atoms with van der Waals surface area (Å²) >= 11 is 1.92. The van der Waals surface area contributed by atoms with E-state index in [4.69, 9.17) is 5.73 Å². The van der Waals surface area contributed by atoms with Crippen LogP contribution in [0.2, 0.25) is 0 Å². The molecule has 1 nitrogen and oxygen atoms in total. The molecular formula is C12H25NS. The molecule has 1 fully saturated rings. The molecule has 0 radical (unpaired) electrons. The zero-order valence-electron chi connectivity index (χ0n) is 9.88. The van der Waals surface area contributed by atoms with Crippen LogP contribution in [0.25, 0.3) is 0 Å². The highest BCUT2D eigenvalue weighted by atomic mass is 32.2. The standard InChI is InChI=1S/C12H25NS/c1-10(2)11-4-6-12(13,7-5-11)8-9-14-3/h10-11H,4-9,13H2,1-3H3. The van der Waals surface area contributed by atoms with Crippen LogP contribution in [-0.4, -0.2) is 17.5 Å². The van der Waals surface area contributed by atoms with Crippen molar-refractivity contribution in [2.75, 3.05) is 12.0 Å². The quantitative estimate of drug-likeness (QED) is 0.779. The van der Waals surface area contributed by atoms with E-state index in [0.717, 1.165) is 11.8 Å². The van der Waals surface area contributed by atoms with Gasteiger partial charge in [0.2, 0.25) is 0 Å². The Labute approximate surface area is 93.2 Å². The fourth-order valence-corrected chi connectivity index (χ4v) is 3.05. The lowest BCUT2D eigenvalue weighted by Gasteiger charge is -2.38. The molecule has 0 spiro atoms. The van der Waals surface area contributed by atoms with Crippen LogP contribution in [0.5, 0.6) is 0 Å². The van der Waals surface area contributed by atoms with Gasteiger partial charge in [-0.3, -0.25) is 0 Å². The minimum absolute atomic E-state index is 0.175. The van der Waals surface area contributed by atoms with Crippen LogP contribution in [0.15, 0.2) is 0 Å². The van der Waals surface area contributed by atoms with E-state index in [2.05, 4.69) is 20.1 Å². The van der Waals surface area contributed by atoms with Gasteiger partial charge in [0, 0.05) is 5.54 Å². The smallest absolute Gasteiger partial charge is 0.0162 e. The zero-order valence-corrected chi connectivity index (χ0v) is 10.7. The lowest BCUT2D eigenvalue weighted by molar-refractivity contribution is 0.192. The Balaban J connectivity index is 2.33. The van der Waals surface area contributed by atoms with Crippen LogP contribution in [0.3, 0.4) is 0 Å². The summed E-state index contributed by atoms with van der Waals surface area (Å²) in [4.78, 5) is 0. The summed E-state index contributed by atoms with van der Waals surface area (Å²) < 4.78 is 0. The normalized spacial score (nSPS) is 33.6. The molecule has 2 heteroatoms. The minimum atomic E-state index is 0.175. The van der Waals surface area contributed by atoms with Gasteiger partial charge in [-0.25, -0.2) is 0 Å². The van der Waals surface area contributed by atoms with Gasteiger partial charge in [-0.2, -0.15) is 11.8 Å². The highest BCUT2D eigenvalue weighted by Crippen LogP contribution is 2.36. The van der Waals surface area contributed by atoms with Gasteiger partial charge in [0.05, 0.1) is 0 Å². The van der Waals surface area contributed by atoms with Crippen molar-refractivity contribution in [3.05, 3.63) is 0 Å². The second-order valence-electron chi connectivity index (χ2n) is 5.19. The molecule has 0 unspecified atom stereocenters. The predicted octanol–water partition coefficient (Wildman–Crippen LogP) is 3.28. The first-order valence-electron chi connectivity index (χ1n) is 5.85. The molecule has 1 saturated carbocycles. The van der Waals surface area contributed by atoms with Crippen LogP contribution in [0.4, 0.5) is 0 Å². The maximum absolute atomic E-state index is 6.39. The number of rotatable bonds is 4. The van der Waals surface area contributed by atoms with E-state index >= 15 is 0 Å². The topological polar surface area (TPSA) is 26.0 Å². The van der Waals surface area contributed by atoms with Gasteiger partial charge in [-0.05, 0) is 55.9 Å². The van der Waals surface area contributed by atoms with Crippen molar-refractivity contribution in [1.82, 2.24) is 0 Å². The summed E-state index contributed by atoms with van der Waals surface area (Å²) in [5.74, 6) is 3.00. The Hall–Kier alpha value is 0.310. The average Bonchev–Trinajstić information content (AvgIpc) is 2.16. The van der Waals surface area contributed by atoms with Crippen molar-refractivity contribution < 1.29 is 0 Å². The van der Waals surface area contributed by atoms with E-state index < -0.39 is 0 Å². The third-order valence-corrected chi connectivity index (χ3v) is 4.39. The van der Waals surface area contributed by atoms with E-state index in [1.54, 1.807) is 0 Å². The number of thioether (sulfide) groups is 1. The molecule has 0 saturated heterocycles. The molecule has 0 aliphatic heterocycles. The first-order valence-corrected chi connectivity index (χ1v) is 7.24. The van der Waals surface area contributed by atoms with E-state index in [9.17, 15) is 0 Å². The molecule has 0 aromatic heterocycles. The van der Waals surface area contributed by atoms with Gasteiger partial charge >= 0.3 is 0 Å². The van der Waals surface area contributed by atoms with Crippen molar-refractivity contribution in [3.8, 4) is 0 Å². The minimum Gasteiger partial charge on any atom is -0.325 e. The molecule has 0 aromatic carbocycles. The van der Waals surface area contributed by atoms with E-state index in [1.165, 1.54) is 37.9 Å². The molecule has 0 aromatic rings. The van der Waals surface area contributed by atoms with Crippen molar-refractivity contribution >= 4 is 11.8 Å². The van der Waals surface area contributed by atoms with Gasteiger partial charge in [-0.15, -0.1) is 0 Å². The molecule has 0 bridgehead atoms. The van der Waals surface area contributed by atoms with Crippen LogP contribution in [0.1, 0.15) is 46.0 Å². The summed E-state index contributed by atoms with van der Waals surface area (Å²) in [6, 6.07) is 0. The molecule has 1 aliphatic carbocycles. The first kappa shape index (κ1) is 12.4. The fourth-order valence-electron chi connectivity index (χ4n) is 2.44. The van der Waals surface area contributed by atoms with Crippen molar-refractivity contribution in [2.24, 2.45) is 17.6 Å². The maximum atomic E-state index is 6.39. The summed E-state index contributed by atoms with van der Waals surface area (Å²) in [5, 5.41) is 0. The molecule has 0 amide bonds. The average molecular weight is 215 g/mol. The second kappa shape index (κ2) is 5.41. The molecule has 0 heterocycles. The SMILES string of the molecule is CSCCC1(N)CCC(C(C)C)CC1. The van der Waals surface area contributed by atoms with Crippen LogP contribution in [0, 0.1) is 11.8 Å². The first-order chi connectivity index (χ1) is 6.57. The molecule has 14 heavy (non-hydrogen) atoms. The van der Waals surface area contributed by atoms with Crippen molar-refractivity contribution in [3.63, 3.8) is 0 Å². The molecule has 0 atom stereocenters. The van der Waals surface area contributed by atoms with E-state index in [1.807, 2.05) is 11.8 Å². The van der Waals surface area contributed by atoms with E-state index in [0.29, 0.717) is 0 Å². The summed E-state index contributed by atoms with van der Waals surface area (Å²) in [6.45, 7) is 4.69. The Morgan fingerprint density at radius 2 is 1.93 bits per heavy atom. The number of hydrogen-bond acceptors (Lipinski definition) is 2. The van der Waals surface area contributed by atoms with Crippen molar-refractivity contribution in [2.45, 2.75) is 51.5 Å². The lowest BCUT2D eigenvalue weighted by Crippen LogP contribution is -2.44. The molecular weight excluding hydrogens is 190 g/mol. The van der Waals surface area contributed by atoms with Gasteiger partial charge < -0.3 is 5.73 Å². The van der Waals surface area contributed by atoms with Crippen LogP contribution in [-0.2, 0) is 0 Å². The molecule has 2 N–H and O–H groups in total. The lowest BCUT2D eigenvalue weighted by atomic mass is 9.72.